The smallest absolute Gasteiger partial charge is 0.238 e. The molecule has 0 spiro atoms. The number of nitriles is 1. The summed E-state index contributed by atoms with van der Waals surface area (Å²) in [4.78, 5) is 36.7. The number of carbonyl (C=O) groups excluding carboxylic acids is 3. The van der Waals surface area contributed by atoms with E-state index in [1.165, 1.54) is 0 Å². The lowest BCUT2D eigenvalue weighted by Crippen LogP contribution is -2.23. The highest BCUT2D eigenvalue weighted by molar-refractivity contribution is 6.30. The number of fused-ring (bicyclic) bond motifs is 2. The van der Waals surface area contributed by atoms with Crippen molar-refractivity contribution in [1.82, 2.24) is 0 Å². The fourth-order valence-corrected chi connectivity index (χ4v) is 2.52. The third kappa shape index (κ3) is 2.07. The van der Waals surface area contributed by atoms with Crippen molar-refractivity contribution in [2.45, 2.75) is 6.42 Å². The van der Waals surface area contributed by atoms with Crippen LogP contribution in [-0.2, 0) is 4.79 Å². The van der Waals surface area contributed by atoms with Gasteiger partial charge in [0.1, 0.15) is 6.42 Å². The second-order valence-electron chi connectivity index (χ2n) is 4.82. The number of carbonyl (C=O) groups is 3. The van der Waals surface area contributed by atoms with E-state index >= 15 is 0 Å². The Morgan fingerprint density at radius 3 is 2.27 bits per heavy atom. The van der Waals surface area contributed by atoms with Gasteiger partial charge in [0, 0.05) is 16.7 Å². The van der Waals surface area contributed by atoms with E-state index < -0.39 is 5.91 Å². The number of nitrogens with one attached hydrogen (secondary N) is 1. The van der Waals surface area contributed by atoms with Crippen molar-refractivity contribution in [2.24, 2.45) is 0 Å². The standard InChI is InChI=1S/C17H10N2O3/c18-9-8-14(20)19-13-7-3-6-12-15(13)17(22)11-5-2-1-4-10(11)16(12)21/h1-7H,8H2,(H,19,20). The molecule has 0 atom stereocenters. The summed E-state index contributed by atoms with van der Waals surface area (Å²) < 4.78 is 0. The Labute approximate surface area is 126 Å². The molecule has 0 bridgehead atoms. The first-order valence-electron chi connectivity index (χ1n) is 6.61. The topological polar surface area (TPSA) is 87.0 Å². The quantitative estimate of drug-likeness (QED) is 0.784. The zero-order valence-electron chi connectivity index (χ0n) is 11.4. The Bertz CT molecular complexity index is 862. The minimum absolute atomic E-state index is 0.178. The number of benzene rings is 2. The highest BCUT2D eigenvalue weighted by Crippen LogP contribution is 2.31. The molecule has 3 rings (SSSR count). The largest absolute Gasteiger partial charge is 0.324 e. The lowest BCUT2D eigenvalue weighted by molar-refractivity contribution is -0.115. The number of rotatable bonds is 2. The van der Waals surface area contributed by atoms with Gasteiger partial charge in [-0.1, -0.05) is 36.4 Å². The highest BCUT2D eigenvalue weighted by atomic mass is 16.2. The van der Waals surface area contributed by atoms with Crippen LogP contribution in [0.1, 0.15) is 38.3 Å². The first kappa shape index (κ1) is 13.7. The van der Waals surface area contributed by atoms with Gasteiger partial charge >= 0.3 is 0 Å². The zero-order chi connectivity index (χ0) is 15.7. The van der Waals surface area contributed by atoms with Crippen LogP contribution in [0.4, 0.5) is 5.69 Å². The molecule has 0 saturated heterocycles. The van der Waals surface area contributed by atoms with Gasteiger partial charge in [-0.25, -0.2) is 0 Å². The Morgan fingerprint density at radius 2 is 1.59 bits per heavy atom. The van der Waals surface area contributed by atoms with Crippen molar-refractivity contribution >= 4 is 23.2 Å². The predicted octanol–water partition coefficient (Wildman–Crippen LogP) is 2.31. The molecule has 0 unspecified atom stereocenters. The van der Waals surface area contributed by atoms with Crippen LogP contribution >= 0.6 is 0 Å². The normalized spacial score (nSPS) is 12.1. The first-order valence-corrected chi connectivity index (χ1v) is 6.61. The number of ketones is 2. The molecule has 1 amide bonds. The molecule has 5 heteroatoms. The fourth-order valence-electron chi connectivity index (χ4n) is 2.52. The van der Waals surface area contributed by atoms with Gasteiger partial charge in [-0.15, -0.1) is 0 Å². The van der Waals surface area contributed by atoms with Crippen LogP contribution in [0.25, 0.3) is 0 Å². The number of anilines is 1. The lowest BCUT2D eigenvalue weighted by Gasteiger charge is -2.20. The van der Waals surface area contributed by atoms with Crippen LogP contribution in [0.15, 0.2) is 42.5 Å². The van der Waals surface area contributed by atoms with Crippen molar-refractivity contribution < 1.29 is 14.4 Å². The summed E-state index contributed by atoms with van der Waals surface area (Å²) in [5, 5.41) is 11.1. The molecule has 106 valence electrons. The third-order valence-electron chi connectivity index (χ3n) is 3.47. The number of amides is 1. The molecule has 0 aromatic heterocycles. The first-order chi connectivity index (χ1) is 10.6. The highest BCUT2D eigenvalue weighted by Gasteiger charge is 2.31. The molecular weight excluding hydrogens is 280 g/mol. The van der Waals surface area contributed by atoms with Gasteiger partial charge in [-0.05, 0) is 6.07 Å². The maximum atomic E-state index is 12.6. The van der Waals surface area contributed by atoms with E-state index in [9.17, 15) is 14.4 Å². The van der Waals surface area contributed by atoms with E-state index in [-0.39, 0.29) is 34.8 Å². The fraction of sp³-hybridized carbons (Fsp3) is 0.0588. The van der Waals surface area contributed by atoms with Gasteiger partial charge in [0.05, 0.1) is 17.3 Å². The zero-order valence-corrected chi connectivity index (χ0v) is 11.4. The van der Waals surface area contributed by atoms with E-state index in [1.54, 1.807) is 48.5 Å². The van der Waals surface area contributed by atoms with Gasteiger partial charge in [-0.2, -0.15) is 5.26 Å². The van der Waals surface area contributed by atoms with Crippen LogP contribution in [0.5, 0.6) is 0 Å². The van der Waals surface area contributed by atoms with Gasteiger partial charge in [0.15, 0.2) is 11.6 Å². The number of nitrogens with zero attached hydrogens (tertiary/aromatic N) is 1. The molecule has 1 N–H and O–H groups in total. The summed E-state index contributed by atoms with van der Waals surface area (Å²) in [6.07, 6.45) is -0.317. The van der Waals surface area contributed by atoms with Crippen molar-refractivity contribution in [2.75, 3.05) is 5.32 Å². The summed E-state index contributed by atoms with van der Waals surface area (Å²) in [5.41, 5.74) is 1.38. The maximum absolute atomic E-state index is 12.6. The summed E-state index contributed by atoms with van der Waals surface area (Å²) >= 11 is 0. The van der Waals surface area contributed by atoms with Crippen LogP contribution < -0.4 is 5.32 Å². The van der Waals surface area contributed by atoms with Crippen molar-refractivity contribution in [1.29, 1.82) is 5.26 Å². The van der Waals surface area contributed by atoms with Gasteiger partial charge in [-0.3, -0.25) is 14.4 Å². The Balaban J connectivity index is 2.13. The summed E-state index contributed by atoms with van der Waals surface area (Å²) in [7, 11) is 0. The molecule has 2 aromatic rings. The average Bonchev–Trinajstić information content (AvgIpc) is 2.53. The third-order valence-corrected chi connectivity index (χ3v) is 3.47. The van der Waals surface area contributed by atoms with Gasteiger partial charge in [0.25, 0.3) is 0 Å². The van der Waals surface area contributed by atoms with Gasteiger partial charge < -0.3 is 5.32 Å². The SMILES string of the molecule is N#CCC(=O)Nc1cccc2c1C(=O)c1ccccc1C2=O. The average molecular weight is 290 g/mol. The van der Waals surface area contributed by atoms with E-state index in [1.807, 2.05) is 0 Å². The second-order valence-corrected chi connectivity index (χ2v) is 4.82. The summed E-state index contributed by atoms with van der Waals surface area (Å²) in [5.74, 6) is -1.07. The molecular formula is C17H10N2O3. The van der Waals surface area contributed by atoms with E-state index in [4.69, 9.17) is 5.26 Å². The van der Waals surface area contributed by atoms with E-state index in [0.29, 0.717) is 11.1 Å². The molecule has 5 nitrogen and oxygen atoms in total. The second kappa shape index (κ2) is 5.26. The minimum atomic E-state index is -0.519. The van der Waals surface area contributed by atoms with E-state index in [2.05, 4.69) is 5.32 Å². The van der Waals surface area contributed by atoms with Crippen LogP contribution in [-0.4, -0.2) is 17.5 Å². The molecule has 22 heavy (non-hydrogen) atoms. The van der Waals surface area contributed by atoms with Crippen LogP contribution in [0.2, 0.25) is 0 Å². The monoisotopic (exact) mass is 290 g/mol. The molecule has 0 heterocycles. The summed E-state index contributed by atoms with van der Waals surface area (Å²) in [6.45, 7) is 0. The molecule has 1 aliphatic carbocycles. The van der Waals surface area contributed by atoms with E-state index in [0.717, 1.165) is 0 Å². The molecule has 2 aromatic carbocycles. The lowest BCUT2D eigenvalue weighted by atomic mass is 9.83. The van der Waals surface area contributed by atoms with Crippen molar-refractivity contribution in [3.05, 3.63) is 64.7 Å². The predicted molar refractivity (Wildman–Crippen MR) is 78.6 cm³/mol. The number of hydrogen-bond acceptors (Lipinski definition) is 4. The maximum Gasteiger partial charge on any atom is 0.238 e. The molecule has 0 fully saturated rings. The summed E-state index contributed by atoms with van der Waals surface area (Å²) in [6, 6.07) is 13.0. The van der Waals surface area contributed by atoms with Crippen molar-refractivity contribution in [3.8, 4) is 6.07 Å². The van der Waals surface area contributed by atoms with Gasteiger partial charge in [0.2, 0.25) is 5.91 Å². The van der Waals surface area contributed by atoms with Crippen molar-refractivity contribution in [3.63, 3.8) is 0 Å². The molecule has 0 radical (unpaired) electrons. The Morgan fingerprint density at radius 1 is 0.955 bits per heavy atom. The Hall–Kier alpha value is -3.26. The van der Waals surface area contributed by atoms with Crippen LogP contribution in [0.3, 0.4) is 0 Å². The Kier molecular flexibility index (Phi) is 3.28. The molecule has 0 saturated carbocycles. The van der Waals surface area contributed by atoms with Crippen LogP contribution in [0, 0.1) is 11.3 Å². The minimum Gasteiger partial charge on any atom is -0.324 e. The number of hydrogen-bond donors (Lipinski definition) is 1. The molecule has 1 aliphatic rings. The molecule has 0 aliphatic heterocycles.